The van der Waals surface area contributed by atoms with Crippen molar-refractivity contribution in [3.63, 3.8) is 0 Å². The number of hydrogen-bond donors (Lipinski definition) is 3. The summed E-state index contributed by atoms with van der Waals surface area (Å²) in [4.78, 5) is 0.139. The molecular weight excluding hydrogens is 274 g/mol. The number of nitrogens with zero attached hydrogens (tertiary/aromatic N) is 1. The number of hydrogen-bond acceptors (Lipinski definition) is 7. The molecule has 102 valence electrons. The van der Waals surface area contributed by atoms with Gasteiger partial charge in [0.1, 0.15) is 9.90 Å². The molecule has 18 heavy (non-hydrogen) atoms. The largest absolute Gasteiger partial charge is 0.393 e. The van der Waals surface area contributed by atoms with Crippen LogP contribution in [0.4, 0.5) is 10.8 Å². The van der Waals surface area contributed by atoms with E-state index in [1.165, 1.54) is 0 Å². The lowest BCUT2D eigenvalue weighted by atomic mass is 10.3. The van der Waals surface area contributed by atoms with Crippen LogP contribution >= 0.6 is 11.5 Å². The van der Waals surface area contributed by atoms with Crippen molar-refractivity contribution in [3.8, 4) is 0 Å². The van der Waals surface area contributed by atoms with Gasteiger partial charge < -0.3 is 16.2 Å². The summed E-state index contributed by atoms with van der Waals surface area (Å²) in [5.74, 6) is 0.0754. The molecule has 6 nitrogen and oxygen atoms in total. The summed E-state index contributed by atoms with van der Waals surface area (Å²) in [5.41, 5.74) is 5.66. The van der Waals surface area contributed by atoms with Crippen LogP contribution in [0.25, 0.3) is 0 Å². The highest BCUT2D eigenvalue weighted by atomic mass is 32.2. The van der Waals surface area contributed by atoms with Crippen molar-refractivity contribution < 1.29 is 13.5 Å². The predicted molar refractivity (Wildman–Crippen MR) is 71.5 cm³/mol. The van der Waals surface area contributed by atoms with Crippen molar-refractivity contribution >= 4 is 32.2 Å². The minimum atomic E-state index is -3.34. The maximum Gasteiger partial charge on any atom is 0.187 e. The van der Waals surface area contributed by atoms with Crippen LogP contribution in [0.1, 0.15) is 26.2 Å². The van der Waals surface area contributed by atoms with Crippen molar-refractivity contribution in [2.24, 2.45) is 0 Å². The van der Waals surface area contributed by atoms with Crippen molar-refractivity contribution in [2.75, 3.05) is 17.6 Å². The van der Waals surface area contributed by atoms with Gasteiger partial charge in [0.15, 0.2) is 15.7 Å². The summed E-state index contributed by atoms with van der Waals surface area (Å²) >= 11 is 1.05. The summed E-state index contributed by atoms with van der Waals surface area (Å²) < 4.78 is 28.3. The standard InChI is InChI=1S/C10H17N3O3S2/c1-6(14)4-5-12-10-8(9(11)13-17-10)18(15,16)7-2-3-7/h6-7,12,14H,2-5H2,1H3,(H2,11,13). The molecule has 0 bridgehead atoms. The Morgan fingerprint density at radius 3 is 2.83 bits per heavy atom. The predicted octanol–water partition coefficient (Wildman–Crippen LogP) is 0.844. The highest BCUT2D eigenvalue weighted by molar-refractivity contribution is 7.92. The first-order valence-corrected chi connectivity index (χ1v) is 8.16. The van der Waals surface area contributed by atoms with Gasteiger partial charge in [0, 0.05) is 6.54 Å². The average molecular weight is 291 g/mol. The number of aromatic nitrogens is 1. The normalized spacial score (nSPS) is 17.7. The lowest BCUT2D eigenvalue weighted by molar-refractivity contribution is 0.189. The van der Waals surface area contributed by atoms with Crippen LogP contribution in [-0.2, 0) is 9.84 Å². The molecule has 1 aromatic heterocycles. The van der Waals surface area contributed by atoms with Crippen molar-refractivity contribution in [2.45, 2.75) is 42.4 Å². The fourth-order valence-corrected chi connectivity index (χ4v) is 4.53. The Kier molecular flexibility index (Phi) is 3.79. The van der Waals surface area contributed by atoms with Gasteiger partial charge in [0.05, 0.1) is 11.4 Å². The molecule has 1 aliphatic carbocycles. The first kappa shape index (κ1) is 13.6. The minimum absolute atomic E-state index is 0.0754. The maximum atomic E-state index is 12.2. The molecule has 1 atom stereocenters. The number of nitrogens with one attached hydrogen (secondary N) is 1. The lowest BCUT2D eigenvalue weighted by Crippen LogP contribution is -2.13. The quantitative estimate of drug-likeness (QED) is 0.717. The number of nitrogens with two attached hydrogens (primary N) is 1. The number of aliphatic hydroxyl groups is 1. The lowest BCUT2D eigenvalue weighted by Gasteiger charge is -2.08. The summed E-state index contributed by atoms with van der Waals surface area (Å²) in [6.45, 7) is 2.18. The SMILES string of the molecule is CC(O)CCNc1snc(N)c1S(=O)(=O)C1CC1. The zero-order valence-electron chi connectivity index (χ0n) is 10.1. The highest BCUT2D eigenvalue weighted by Gasteiger charge is 2.40. The fraction of sp³-hybridized carbons (Fsp3) is 0.700. The van der Waals surface area contributed by atoms with Crippen LogP contribution in [0.15, 0.2) is 4.90 Å². The van der Waals surface area contributed by atoms with E-state index < -0.39 is 15.9 Å². The Bertz CT molecular complexity index is 520. The zero-order chi connectivity index (χ0) is 13.3. The van der Waals surface area contributed by atoms with Crippen molar-refractivity contribution in [1.82, 2.24) is 4.37 Å². The molecule has 1 unspecified atom stereocenters. The van der Waals surface area contributed by atoms with Gasteiger partial charge in [-0.1, -0.05) is 0 Å². The van der Waals surface area contributed by atoms with E-state index in [2.05, 4.69) is 9.69 Å². The average Bonchev–Trinajstić information content (AvgIpc) is 3.04. The van der Waals surface area contributed by atoms with Crippen molar-refractivity contribution in [1.29, 1.82) is 0 Å². The highest BCUT2D eigenvalue weighted by Crippen LogP contribution is 2.40. The topological polar surface area (TPSA) is 105 Å². The molecule has 1 saturated carbocycles. The molecule has 1 fully saturated rings. The van der Waals surface area contributed by atoms with E-state index in [1.807, 2.05) is 0 Å². The number of rotatable bonds is 6. The zero-order valence-corrected chi connectivity index (χ0v) is 11.7. The molecule has 1 aliphatic rings. The molecule has 1 aromatic rings. The van der Waals surface area contributed by atoms with Gasteiger partial charge in [-0.15, -0.1) is 0 Å². The third-order valence-electron chi connectivity index (χ3n) is 2.77. The molecule has 0 aromatic carbocycles. The molecular formula is C10H17N3O3S2. The second kappa shape index (κ2) is 5.02. The Balaban J connectivity index is 2.17. The van der Waals surface area contributed by atoms with Crippen molar-refractivity contribution in [3.05, 3.63) is 0 Å². The minimum Gasteiger partial charge on any atom is -0.393 e. The van der Waals surface area contributed by atoms with E-state index >= 15 is 0 Å². The van der Waals surface area contributed by atoms with Crippen LogP contribution in [0.5, 0.6) is 0 Å². The van der Waals surface area contributed by atoms with Crippen LogP contribution in [-0.4, -0.2) is 35.8 Å². The third-order valence-corrected chi connectivity index (χ3v) is 6.05. The molecule has 0 amide bonds. The number of aliphatic hydroxyl groups excluding tert-OH is 1. The van der Waals surface area contributed by atoms with Gasteiger partial charge in [0.25, 0.3) is 0 Å². The van der Waals surface area contributed by atoms with E-state index in [4.69, 9.17) is 10.8 Å². The van der Waals surface area contributed by atoms with Gasteiger partial charge in [0.2, 0.25) is 0 Å². The van der Waals surface area contributed by atoms with Crippen LogP contribution in [0, 0.1) is 0 Å². The van der Waals surface area contributed by atoms with Gasteiger partial charge >= 0.3 is 0 Å². The van der Waals surface area contributed by atoms with Gasteiger partial charge in [-0.2, -0.15) is 4.37 Å². The summed E-state index contributed by atoms with van der Waals surface area (Å²) in [6.07, 6.45) is 1.52. The molecule has 4 N–H and O–H groups in total. The molecule has 1 heterocycles. The van der Waals surface area contributed by atoms with E-state index in [0.29, 0.717) is 30.8 Å². The molecule has 8 heteroatoms. The maximum absolute atomic E-state index is 12.2. The van der Waals surface area contributed by atoms with E-state index in [-0.39, 0.29) is 16.0 Å². The summed E-state index contributed by atoms with van der Waals surface area (Å²) in [5, 5.41) is 12.3. The summed E-state index contributed by atoms with van der Waals surface area (Å²) in [7, 11) is -3.34. The third kappa shape index (κ3) is 2.76. The van der Waals surface area contributed by atoms with E-state index in [9.17, 15) is 8.42 Å². The molecule has 0 spiro atoms. The number of sulfone groups is 1. The monoisotopic (exact) mass is 291 g/mol. The van der Waals surface area contributed by atoms with Gasteiger partial charge in [-0.3, -0.25) is 0 Å². The van der Waals surface area contributed by atoms with Crippen LogP contribution in [0.3, 0.4) is 0 Å². The van der Waals surface area contributed by atoms with Crippen LogP contribution in [0.2, 0.25) is 0 Å². The van der Waals surface area contributed by atoms with Crippen LogP contribution < -0.4 is 11.1 Å². The number of nitrogen functional groups attached to an aromatic ring is 1. The molecule has 2 rings (SSSR count). The number of anilines is 2. The Labute approximate surface area is 110 Å². The Morgan fingerprint density at radius 2 is 2.28 bits per heavy atom. The Morgan fingerprint density at radius 1 is 1.61 bits per heavy atom. The first-order valence-electron chi connectivity index (χ1n) is 5.84. The fourth-order valence-electron chi connectivity index (χ4n) is 1.62. The summed E-state index contributed by atoms with van der Waals surface area (Å²) in [6, 6.07) is 0. The van der Waals surface area contributed by atoms with Gasteiger partial charge in [-0.05, 0) is 37.7 Å². The van der Waals surface area contributed by atoms with E-state index in [1.54, 1.807) is 6.92 Å². The van der Waals surface area contributed by atoms with E-state index in [0.717, 1.165) is 11.5 Å². The first-order chi connectivity index (χ1) is 8.43. The van der Waals surface area contributed by atoms with Gasteiger partial charge in [-0.25, -0.2) is 8.42 Å². The Hall–Kier alpha value is -0.860. The smallest absolute Gasteiger partial charge is 0.187 e. The second-order valence-corrected chi connectivity index (χ2v) is 7.47. The molecule has 0 radical (unpaired) electrons. The molecule has 0 aliphatic heterocycles. The second-order valence-electron chi connectivity index (χ2n) is 4.53. The molecule has 0 saturated heterocycles.